The lowest BCUT2D eigenvalue weighted by Gasteiger charge is -2.07. The number of aromatic amines is 1. The second kappa shape index (κ2) is 10.3. The third kappa shape index (κ3) is 5.81. The molecule has 0 atom stereocenters. The summed E-state index contributed by atoms with van der Waals surface area (Å²) in [6.45, 7) is 8.64. The molecule has 1 amide bonds. The van der Waals surface area contributed by atoms with Gasteiger partial charge in [-0.2, -0.15) is 5.10 Å². The molecule has 0 aliphatic carbocycles. The van der Waals surface area contributed by atoms with E-state index in [1.807, 2.05) is 37.6 Å². The molecule has 0 aliphatic rings. The van der Waals surface area contributed by atoms with Gasteiger partial charge >= 0.3 is 0 Å². The van der Waals surface area contributed by atoms with Gasteiger partial charge < -0.3 is 10.3 Å². The first-order valence-electron chi connectivity index (χ1n) is 11.6. The molecule has 0 spiro atoms. The second-order valence-corrected chi connectivity index (χ2v) is 8.57. The molecule has 0 unspecified atom stereocenters. The summed E-state index contributed by atoms with van der Waals surface area (Å²) in [6.07, 6.45) is 3.97. The van der Waals surface area contributed by atoms with Crippen LogP contribution in [0.25, 0.3) is 17.5 Å². The maximum Gasteiger partial charge on any atom is 0.251 e. The Morgan fingerprint density at radius 1 is 1.09 bits per heavy atom. The number of hydrogen-bond donors (Lipinski definition) is 2. The Hall–Kier alpha value is -4.26. The standard InChI is InChI=1S/C28H29N5O2/c1-5-23-16-27(35)31-28(30-23)22-7-6-8-24(15-22)29-26(34)14-13-25-19(3)32-33(20(25)4)17-21-11-9-18(2)10-12-21/h6-16H,5,17H2,1-4H3,(H,29,34)(H,30,31,35)/b14-13+. The van der Waals surface area contributed by atoms with Crippen molar-refractivity contribution < 1.29 is 4.79 Å². The molecule has 4 rings (SSSR count). The molecule has 7 heteroatoms. The number of amides is 1. The van der Waals surface area contributed by atoms with Crippen molar-refractivity contribution in [2.24, 2.45) is 0 Å². The van der Waals surface area contributed by atoms with Crippen LogP contribution >= 0.6 is 0 Å². The van der Waals surface area contributed by atoms with E-state index in [-0.39, 0.29) is 11.5 Å². The lowest BCUT2D eigenvalue weighted by Crippen LogP contribution is -2.10. The Bertz CT molecular complexity index is 1450. The number of rotatable bonds is 7. The summed E-state index contributed by atoms with van der Waals surface area (Å²) in [5, 5.41) is 7.54. The maximum atomic E-state index is 12.6. The molecule has 0 bridgehead atoms. The minimum atomic E-state index is -0.254. The molecule has 4 aromatic rings. The van der Waals surface area contributed by atoms with Crippen LogP contribution in [0.3, 0.4) is 0 Å². The first kappa shape index (κ1) is 23.9. The van der Waals surface area contributed by atoms with Crippen molar-refractivity contribution in [3.63, 3.8) is 0 Å². The lowest BCUT2D eigenvalue weighted by atomic mass is 10.1. The van der Waals surface area contributed by atoms with Crippen LogP contribution in [0.1, 0.15) is 40.7 Å². The molecule has 0 aliphatic heterocycles. The van der Waals surface area contributed by atoms with Crippen molar-refractivity contribution in [3.8, 4) is 11.4 Å². The van der Waals surface area contributed by atoms with E-state index in [9.17, 15) is 9.59 Å². The molecule has 7 nitrogen and oxygen atoms in total. The normalized spacial score (nSPS) is 11.2. The molecular formula is C28H29N5O2. The van der Waals surface area contributed by atoms with Gasteiger partial charge in [0.1, 0.15) is 5.82 Å². The molecule has 2 aromatic heterocycles. The van der Waals surface area contributed by atoms with Crippen molar-refractivity contribution in [3.05, 3.63) is 105 Å². The number of aryl methyl sites for hydroxylation is 3. The molecule has 2 heterocycles. The van der Waals surface area contributed by atoms with Crippen LogP contribution in [0.4, 0.5) is 5.69 Å². The van der Waals surface area contributed by atoms with Gasteiger partial charge in [0.15, 0.2) is 0 Å². The van der Waals surface area contributed by atoms with Crippen molar-refractivity contribution in [2.45, 2.75) is 40.7 Å². The average molecular weight is 468 g/mol. The number of aromatic nitrogens is 4. The molecule has 178 valence electrons. The molecule has 0 saturated carbocycles. The zero-order valence-corrected chi connectivity index (χ0v) is 20.4. The minimum Gasteiger partial charge on any atom is -0.322 e. The first-order valence-corrected chi connectivity index (χ1v) is 11.6. The predicted octanol–water partition coefficient (Wildman–Crippen LogP) is 4.82. The van der Waals surface area contributed by atoms with Gasteiger partial charge in [-0.05, 0) is 51.0 Å². The quantitative estimate of drug-likeness (QED) is 0.381. The molecule has 0 saturated heterocycles. The van der Waals surface area contributed by atoms with E-state index in [1.165, 1.54) is 23.3 Å². The number of hydrogen-bond acceptors (Lipinski definition) is 4. The van der Waals surface area contributed by atoms with Gasteiger partial charge in [0.05, 0.1) is 12.2 Å². The van der Waals surface area contributed by atoms with Crippen LogP contribution in [0.5, 0.6) is 0 Å². The number of H-pyrrole nitrogens is 1. The zero-order valence-electron chi connectivity index (χ0n) is 20.4. The summed E-state index contributed by atoms with van der Waals surface area (Å²) in [6, 6.07) is 17.1. The smallest absolute Gasteiger partial charge is 0.251 e. The Balaban J connectivity index is 1.48. The van der Waals surface area contributed by atoms with E-state index >= 15 is 0 Å². The number of anilines is 1. The van der Waals surface area contributed by atoms with E-state index < -0.39 is 0 Å². The van der Waals surface area contributed by atoms with Gasteiger partial charge in [-0.25, -0.2) is 4.98 Å². The molecule has 2 N–H and O–H groups in total. The summed E-state index contributed by atoms with van der Waals surface area (Å²) in [7, 11) is 0. The predicted molar refractivity (Wildman–Crippen MR) is 139 cm³/mol. The topological polar surface area (TPSA) is 92.7 Å². The summed E-state index contributed by atoms with van der Waals surface area (Å²) < 4.78 is 1.96. The summed E-state index contributed by atoms with van der Waals surface area (Å²) >= 11 is 0. The number of carbonyl (C=O) groups excluding carboxylic acids is 1. The third-order valence-corrected chi connectivity index (χ3v) is 5.85. The molecule has 2 aromatic carbocycles. The Labute approximate surface area is 204 Å². The first-order chi connectivity index (χ1) is 16.8. The fourth-order valence-electron chi connectivity index (χ4n) is 3.89. The van der Waals surface area contributed by atoms with Crippen LogP contribution in [0, 0.1) is 20.8 Å². The largest absolute Gasteiger partial charge is 0.322 e. The second-order valence-electron chi connectivity index (χ2n) is 8.57. The highest BCUT2D eigenvalue weighted by Crippen LogP contribution is 2.20. The summed E-state index contributed by atoms with van der Waals surface area (Å²) in [5.74, 6) is 0.226. The maximum absolute atomic E-state index is 12.6. The highest BCUT2D eigenvalue weighted by atomic mass is 16.1. The summed E-state index contributed by atoms with van der Waals surface area (Å²) in [5.41, 5.74) is 7.06. The van der Waals surface area contributed by atoms with E-state index in [0.717, 1.165) is 28.2 Å². The molecule has 0 fully saturated rings. The number of carbonyl (C=O) groups is 1. The highest BCUT2D eigenvalue weighted by molar-refractivity contribution is 6.02. The number of nitrogens with zero attached hydrogens (tertiary/aromatic N) is 3. The van der Waals surface area contributed by atoms with Gasteiger partial charge in [-0.3, -0.25) is 14.3 Å². The van der Waals surface area contributed by atoms with Crippen molar-refractivity contribution in [2.75, 3.05) is 5.32 Å². The highest BCUT2D eigenvalue weighted by Gasteiger charge is 2.11. The fraction of sp³-hybridized carbons (Fsp3) is 0.214. The van der Waals surface area contributed by atoms with Crippen molar-refractivity contribution in [1.82, 2.24) is 19.7 Å². The van der Waals surface area contributed by atoms with Crippen LogP contribution in [0.15, 0.2) is 65.5 Å². The van der Waals surface area contributed by atoms with Crippen molar-refractivity contribution >= 4 is 17.7 Å². The summed E-state index contributed by atoms with van der Waals surface area (Å²) in [4.78, 5) is 31.8. The monoisotopic (exact) mass is 467 g/mol. The van der Waals surface area contributed by atoms with Gasteiger partial charge in [0.25, 0.3) is 5.56 Å². The number of benzene rings is 2. The third-order valence-electron chi connectivity index (χ3n) is 5.85. The Kier molecular flexibility index (Phi) is 7.06. The lowest BCUT2D eigenvalue weighted by molar-refractivity contribution is -0.111. The van der Waals surface area contributed by atoms with Crippen molar-refractivity contribution in [1.29, 1.82) is 0 Å². The van der Waals surface area contributed by atoms with Gasteiger partial charge in [-0.15, -0.1) is 0 Å². The molecular weight excluding hydrogens is 438 g/mol. The Morgan fingerprint density at radius 3 is 2.60 bits per heavy atom. The van der Waals surface area contributed by atoms with E-state index in [4.69, 9.17) is 0 Å². The fourth-order valence-corrected chi connectivity index (χ4v) is 3.89. The van der Waals surface area contributed by atoms with E-state index in [0.29, 0.717) is 24.5 Å². The van der Waals surface area contributed by atoms with Crippen LogP contribution in [-0.2, 0) is 17.8 Å². The SMILES string of the molecule is CCc1cc(=O)[nH]c(-c2cccc(NC(=O)/C=C/c3c(C)nn(Cc4ccc(C)cc4)c3C)c2)n1. The average Bonchev–Trinajstić information content (AvgIpc) is 3.10. The van der Waals surface area contributed by atoms with Gasteiger partial charge in [0, 0.05) is 40.3 Å². The van der Waals surface area contributed by atoms with Crippen LogP contribution < -0.4 is 10.9 Å². The van der Waals surface area contributed by atoms with Crippen LogP contribution in [-0.4, -0.2) is 25.7 Å². The number of nitrogens with one attached hydrogen (secondary N) is 2. The molecule has 35 heavy (non-hydrogen) atoms. The van der Waals surface area contributed by atoms with Gasteiger partial charge in [-0.1, -0.05) is 48.9 Å². The van der Waals surface area contributed by atoms with Gasteiger partial charge in [0.2, 0.25) is 5.91 Å². The van der Waals surface area contributed by atoms with E-state index in [2.05, 4.69) is 51.6 Å². The van der Waals surface area contributed by atoms with Crippen LogP contribution in [0.2, 0.25) is 0 Å². The molecule has 0 radical (unpaired) electrons. The minimum absolute atomic E-state index is 0.196. The Morgan fingerprint density at radius 2 is 1.86 bits per heavy atom. The van der Waals surface area contributed by atoms with E-state index in [1.54, 1.807) is 18.2 Å². The zero-order chi connectivity index (χ0) is 24.9.